The molecule has 1 aromatic rings. The molecule has 104 valence electrons. The lowest BCUT2D eigenvalue weighted by Crippen LogP contribution is -2.48. The second-order valence-corrected chi connectivity index (χ2v) is 7.73. The molecular formula is C13H16FNO3S. The van der Waals surface area contributed by atoms with E-state index in [2.05, 4.69) is 0 Å². The van der Waals surface area contributed by atoms with Gasteiger partial charge in [-0.05, 0) is 18.2 Å². The van der Waals surface area contributed by atoms with Crippen molar-refractivity contribution < 1.29 is 17.5 Å². The molecular weight excluding hydrogens is 269 g/mol. The van der Waals surface area contributed by atoms with Crippen molar-refractivity contribution in [2.24, 2.45) is 5.73 Å². The van der Waals surface area contributed by atoms with Crippen molar-refractivity contribution in [3.63, 3.8) is 0 Å². The van der Waals surface area contributed by atoms with Crippen LogP contribution >= 0.6 is 0 Å². The van der Waals surface area contributed by atoms with Crippen LogP contribution in [0, 0.1) is 5.82 Å². The summed E-state index contributed by atoms with van der Waals surface area (Å²) in [4.78, 5) is 0. The minimum atomic E-state index is -2.94. The Bertz CT molecular complexity index is 600. The highest BCUT2D eigenvalue weighted by Gasteiger charge is 2.44. The highest BCUT2D eigenvalue weighted by atomic mass is 32.2. The summed E-state index contributed by atoms with van der Waals surface area (Å²) in [6, 6.07) is 4.01. The highest BCUT2D eigenvalue weighted by Crippen LogP contribution is 2.43. The molecule has 2 aliphatic rings. The molecule has 3 rings (SSSR count). The van der Waals surface area contributed by atoms with Gasteiger partial charge in [0.1, 0.15) is 17.2 Å². The van der Waals surface area contributed by atoms with E-state index >= 15 is 0 Å². The van der Waals surface area contributed by atoms with E-state index in [9.17, 15) is 12.8 Å². The Labute approximate surface area is 111 Å². The van der Waals surface area contributed by atoms with E-state index < -0.39 is 15.4 Å². The number of benzene rings is 1. The van der Waals surface area contributed by atoms with Crippen LogP contribution in [0.3, 0.4) is 0 Å². The van der Waals surface area contributed by atoms with Crippen molar-refractivity contribution in [2.45, 2.75) is 30.9 Å². The van der Waals surface area contributed by atoms with Crippen molar-refractivity contribution in [3.8, 4) is 5.75 Å². The zero-order valence-electron chi connectivity index (χ0n) is 10.4. The van der Waals surface area contributed by atoms with Crippen LogP contribution in [0.15, 0.2) is 18.2 Å². The number of hydrogen-bond donors (Lipinski definition) is 1. The summed E-state index contributed by atoms with van der Waals surface area (Å²) in [5.74, 6) is 0.520. The summed E-state index contributed by atoms with van der Waals surface area (Å²) in [6.45, 7) is 0. The standard InChI is InChI=1S/C13H16FNO3S/c14-9-1-2-12-10(7-9)11(15)8-13(18-12)3-5-19(16,17)6-4-13/h1-2,7,11H,3-6,8,15H2/t11-/m0/s1. The summed E-state index contributed by atoms with van der Waals surface area (Å²) >= 11 is 0. The number of rotatable bonds is 0. The zero-order valence-corrected chi connectivity index (χ0v) is 11.2. The topological polar surface area (TPSA) is 69.4 Å². The molecule has 0 bridgehead atoms. The van der Waals surface area contributed by atoms with Crippen LogP contribution in [0.2, 0.25) is 0 Å². The van der Waals surface area contributed by atoms with Crippen LogP contribution in [0.25, 0.3) is 0 Å². The Hall–Kier alpha value is -1.14. The Morgan fingerprint density at radius 3 is 2.68 bits per heavy atom. The monoisotopic (exact) mass is 285 g/mol. The summed E-state index contributed by atoms with van der Waals surface area (Å²) < 4.78 is 42.2. The van der Waals surface area contributed by atoms with Gasteiger partial charge in [-0.2, -0.15) is 0 Å². The molecule has 0 aromatic heterocycles. The molecule has 2 N–H and O–H groups in total. The first-order chi connectivity index (χ1) is 8.89. The summed E-state index contributed by atoms with van der Waals surface area (Å²) in [7, 11) is -2.94. The molecule has 2 aliphatic heterocycles. The van der Waals surface area contributed by atoms with Gasteiger partial charge in [-0.25, -0.2) is 12.8 Å². The maximum Gasteiger partial charge on any atom is 0.150 e. The van der Waals surface area contributed by atoms with E-state index in [1.807, 2.05) is 0 Å². The molecule has 0 unspecified atom stereocenters. The fourth-order valence-corrected chi connectivity index (χ4v) is 4.47. The number of hydrogen-bond acceptors (Lipinski definition) is 4. The smallest absolute Gasteiger partial charge is 0.150 e. The quantitative estimate of drug-likeness (QED) is 0.785. The first-order valence-electron chi connectivity index (χ1n) is 6.34. The predicted octanol–water partition coefficient (Wildman–Crippen LogP) is 1.56. The molecule has 1 atom stereocenters. The lowest BCUT2D eigenvalue weighted by molar-refractivity contribution is 0.0262. The van der Waals surface area contributed by atoms with E-state index in [0.717, 1.165) is 0 Å². The molecule has 0 aliphatic carbocycles. The molecule has 0 radical (unpaired) electrons. The lowest BCUT2D eigenvalue weighted by atomic mass is 9.83. The van der Waals surface area contributed by atoms with Crippen LogP contribution < -0.4 is 10.5 Å². The van der Waals surface area contributed by atoms with Gasteiger partial charge in [0.15, 0.2) is 9.84 Å². The Morgan fingerprint density at radius 1 is 1.32 bits per heavy atom. The number of fused-ring (bicyclic) bond motifs is 1. The van der Waals surface area contributed by atoms with E-state index in [1.165, 1.54) is 12.1 Å². The first kappa shape index (κ1) is 12.9. The molecule has 1 spiro atoms. The van der Waals surface area contributed by atoms with Crippen molar-refractivity contribution in [3.05, 3.63) is 29.6 Å². The number of nitrogens with two attached hydrogens (primary N) is 1. The third-order valence-corrected chi connectivity index (χ3v) is 5.68. The molecule has 0 amide bonds. The molecule has 1 fully saturated rings. The van der Waals surface area contributed by atoms with Gasteiger partial charge in [0.25, 0.3) is 0 Å². The van der Waals surface area contributed by atoms with Crippen LogP contribution in [-0.2, 0) is 9.84 Å². The van der Waals surface area contributed by atoms with Gasteiger partial charge in [0.2, 0.25) is 0 Å². The fourth-order valence-electron chi connectivity index (χ4n) is 2.90. The summed E-state index contributed by atoms with van der Waals surface area (Å²) in [5.41, 5.74) is 6.25. The normalized spacial score (nSPS) is 27.6. The first-order valence-corrected chi connectivity index (χ1v) is 8.16. The van der Waals surface area contributed by atoms with Crippen LogP contribution in [0.1, 0.15) is 30.9 Å². The van der Waals surface area contributed by atoms with Crippen molar-refractivity contribution in [1.82, 2.24) is 0 Å². The minimum Gasteiger partial charge on any atom is -0.487 e. The van der Waals surface area contributed by atoms with Gasteiger partial charge < -0.3 is 10.5 Å². The van der Waals surface area contributed by atoms with E-state index in [4.69, 9.17) is 10.5 Å². The largest absolute Gasteiger partial charge is 0.487 e. The molecule has 6 heteroatoms. The van der Waals surface area contributed by atoms with Crippen molar-refractivity contribution >= 4 is 9.84 Å². The van der Waals surface area contributed by atoms with Crippen LogP contribution in [0.5, 0.6) is 5.75 Å². The average molecular weight is 285 g/mol. The van der Waals surface area contributed by atoms with Gasteiger partial charge in [-0.1, -0.05) is 0 Å². The molecule has 4 nitrogen and oxygen atoms in total. The van der Waals surface area contributed by atoms with E-state index in [0.29, 0.717) is 30.6 Å². The predicted molar refractivity (Wildman–Crippen MR) is 69.2 cm³/mol. The van der Waals surface area contributed by atoms with E-state index in [-0.39, 0.29) is 23.4 Å². The molecule has 19 heavy (non-hydrogen) atoms. The van der Waals surface area contributed by atoms with Gasteiger partial charge in [-0.3, -0.25) is 0 Å². The van der Waals surface area contributed by atoms with Crippen LogP contribution in [0.4, 0.5) is 4.39 Å². The molecule has 2 heterocycles. The lowest BCUT2D eigenvalue weighted by Gasteiger charge is -2.43. The van der Waals surface area contributed by atoms with Gasteiger partial charge in [0, 0.05) is 30.9 Å². The highest BCUT2D eigenvalue weighted by molar-refractivity contribution is 7.91. The average Bonchev–Trinajstić information content (AvgIpc) is 2.35. The Balaban J connectivity index is 1.91. The number of sulfone groups is 1. The Morgan fingerprint density at radius 2 is 2.00 bits per heavy atom. The number of ether oxygens (including phenoxy) is 1. The molecule has 1 aromatic carbocycles. The number of halogens is 1. The second-order valence-electron chi connectivity index (χ2n) is 5.43. The van der Waals surface area contributed by atoms with Gasteiger partial charge in [-0.15, -0.1) is 0 Å². The van der Waals surface area contributed by atoms with E-state index in [1.54, 1.807) is 6.07 Å². The van der Waals surface area contributed by atoms with Gasteiger partial charge in [0.05, 0.1) is 11.5 Å². The summed E-state index contributed by atoms with van der Waals surface area (Å²) in [5, 5.41) is 0. The maximum absolute atomic E-state index is 13.2. The van der Waals surface area contributed by atoms with Crippen molar-refractivity contribution in [1.29, 1.82) is 0 Å². The van der Waals surface area contributed by atoms with Crippen LogP contribution in [-0.4, -0.2) is 25.5 Å². The maximum atomic E-state index is 13.2. The third-order valence-electron chi connectivity index (χ3n) is 4.03. The van der Waals surface area contributed by atoms with Crippen molar-refractivity contribution in [2.75, 3.05) is 11.5 Å². The fraction of sp³-hybridized carbons (Fsp3) is 0.538. The Kier molecular flexibility index (Phi) is 2.83. The molecule has 0 saturated carbocycles. The minimum absolute atomic E-state index is 0.135. The SMILES string of the molecule is N[C@H]1CC2(CCS(=O)(=O)CC2)Oc2ccc(F)cc21. The zero-order chi connectivity index (χ0) is 13.7. The summed E-state index contributed by atoms with van der Waals surface area (Å²) in [6.07, 6.45) is 1.46. The second kappa shape index (κ2) is 4.18. The van der Waals surface area contributed by atoms with Gasteiger partial charge >= 0.3 is 0 Å². The molecule has 1 saturated heterocycles. The third kappa shape index (κ3) is 2.34.